The molecule has 6 nitrogen and oxygen atoms in total. The number of aromatic nitrogens is 6. The normalized spacial score (nSPS) is 11.6. The van der Waals surface area contributed by atoms with Crippen LogP contribution in [0.1, 0.15) is 0 Å². The fourth-order valence-corrected chi connectivity index (χ4v) is 23.2. The van der Waals surface area contributed by atoms with Gasteiger partial charge in [-0.05, 0) is 276 Å². The maximum Gasteiger partial charge on any atom is 0.0541 e. The molecule has 0 aliphatic rings. The number of rotatable bonds is 14. The predicted octanol–water partition coefficient (Wildman–Crippen LogP) is 38.1. The van der Waals surface area contributed by atoms with Gasteiger partial charge < -0.3 is 27.4 Å². The lowest BCUT2D eigenvalue weighted by atomic mass is 9.98. The van der Waals surface area contributed by atoms with Gasteiger partial charge in [-0.2, -0.15) is 0 Å². The Balaban J connectivity index is 0.000000107. The van der Waals surface area contributed by atoms with E-state index >= 15 is 0 Å². The Morgan fingerprint density at radius 3 is 0.669 bits per heavy atom. The van der Waals surface area contributed by atoms with Crippen LogP contribution >= 0.6 is 0 Å². The minimum Gasteiger partial charge on any atom is -0.309 e. The molecule has 0 saturated carbocycles. The first-order chi connectivity index (χ1) is 73.4. The summed E-state index contributed by atoms with van der Waals surface area (Å²) in [6.07, 6.45) is 0. The molecule has 692 valence electrons. The summed E-state index contributed by atoms with van der Waals surface area (Å²) in [5.74, 6) is 0. The Morgan fingerprint density at radius 1 is 0.0946 bits per heavy atom. The van der Waals surface area contributed by atoms with Crippen molar-refractivity contribution >= 4 is 142 Å². The van der Waals surface area contributed by atoms with Crippen molar-refractivity contribution in [2.24, 2.45) is 0 Å². The van der Waals surface area contributed by atoms with Gasteiger partial charge in [0.25, 0.3) is 0 Å². The summed E-state index contributed by atoms with van der Waals surface area (Å²) in [6, 6.07) is 207. The summed E-state index contributed by atoms with van der Waals surface area (Å²) in [5.41, 5.74) is 41.0. The third kappa shape index (κ3) is 15.0. The fourth-order valence-electron chi connectivity index (χ4n) is 23.2. The second kappa shape index (κ2) is 36.4. The number of nitrogens with zero attached hydrogens (tertiary/aromatic N) is 6. The van der Waals surface area contributed by atoms with Gasteiger partial charge in [-0.15, -0.1) is 0 Å². The Kier molecular flexibility index (Phi) is 21.2. The van der Waals surface area contributed by atoms with Gasteiger partial charge in [0.05, 0.1) is 71.9 Å². The monoisotopic (exact) mass is 1880 g/mol. The molecular formula is C142H94N6. The predicted molar refractivity (Wildman–Crippen MR) is 626 cm³/mol. The second-order valence-electron chi connectivity index (χ2n) is 38.6. The van der Waals surface area contributed by atoms with Crippen molar-refractivity contribution in [3.8, 4) is 123 Å². The van der Waals surface area contributed by atoms with Crippen molar-refractivity contribution in [1.82, 2.24) is 27.4 Å². The SMILES string of the molecule is c1ccc(-c2cc(-c3ccccc3)cc(-n3c4ccccc4c4cc(-c5ccc6c(c5)c5ccccc5n6-c5ccccc5)ccc43)c2)cc1.c1ccc(-c2ccc(-c3ccc(-n4c5ccccc5c5cc(-c6ccc7c(c6)c6ccccc6n7-c6ccccc6)ccc54)cc3)cc2)cc1.c1ccc(-c2ccccc2-n2c3ccccc3c3cc(-c4ccc5c(c4)c4ccccc4n5-c4ccc5ccccc5c4)ccc32)cc1. The summed E-state index contributed by atoms with van der Waals surface area (Å²) in [6.45, 7) is 0. The molecule has 0 bridgehead atoms. The number of hydrogen-bond donors (Lipinski definition) is 0. The van der Waals surface area contributed by atoms with E-state index in [0.29, 0.717) is 0 Å². The topological polar surface area (TPSA) is 29.6 Å². The van der Waals surface area contributed by atoms with Crippen LogP contribution in [0.3, 0.4) is 0 Å². The van der Waals surface area contributed by atoms with Crippen LogP contribution in [-0.4, -0.2) is 27.4 Å². The Morgan fingerprint density at radius 2 is 0.318 bits per heavy atom. The van der Waals surface area contributed by atoms with Gasteiger partial charge in [-0.1, -0.05) is 388 Å². The third-order valence-electron chi connectivity index (χ3n) is 30.1. The van der Waals surface area contributed by atoms with Gasteiger partial charge in [-0.25, -0.2) is 0 Å². The minimum atomic E-state index is 1.15. The highest BCUT2D eigenvalue weighted by atomic mass is 15.0. The number of para-hydroxylation sites is 9. The van der Waals surface area contributed by atoms with Crippen molar-refractivity contribution in [1.29, 1.82) is 0 Å². The van der Waals surface area contributed by atoms with E-state index in [1.54, 1.807) is 0 Å². The third-order valence-corrected chi connectivity index (χ3v) is 30.1. The van der Waals surface area contributed by atoms with Crippen LogP contribution in [0.15, 0.2) is 570 Å². The Hall–Kier alpha value is -19.7. The lowest BCUT2D eigenvalue weighted by Gasteiger charge is -2.14. The standard InChI is InChI=1S/2C48H32N2.C46H30N2/c1-4-14-33(15-5-1)37-28-38(34-16-6-2-7-17-34)30-40(29-37)50-46-23-13-11-21-42(46)44-32-36(25-27-48(44)50)35-24-26-47-43(31-35)41-20-10-12-22-45(41)49(47)39-18-8-3-9-19-39;1-3-11-33(12-4-1)34-19-21-35(22-20-34)36-23-27-40(28-24-36)50-46-18-10-8-16-42(46)44-32-38(26-30-48(44)50)37-25-29-47-43(31-37)41-15-7-9-17-45(41)49(47)39-13-5-2-6-14-39;1-2-13-32(14-3-1)37-16-6-9-19-42(37)48-44-21-11-8-18-39(44)41-30-35(24-27-46(41)48)34-23-26-45-40(29-34)38-17-7-10-20-43(38)47(45)36-25-22-31-12-4-5-15-33(31)28-36/h2*1-32H;1-30H. The molecule has 0 saturated heterocycles. The van der Waals surface area contributed by atoms with Crippen LogP contribution in [0.4, 0.5) is 0 Å². The van der Waals surface area contributed by atoms with Crippen LogP contribution in [0.2, 0.25) is 0 Å². The van der Waals surface area contributed by atoms with E-state index in [2.05, 4.69) is 598 Å². The van der Waals surface area contributed by atoms with E-state index in [1.807, 2.05) is 0 Å². The average Bonchev–Trinajstić information content (AvgIpc) is 1.64. The summed E-state index contributed by atoms with van der Waals surface area (Å²) >= 11 is 0. The van der Waals surface area contributed by atoms with Gasteiger partial charge in [0.15, 0.2) is 0 Å². The van der Waals surface area contributed by atoms with Crippen LogP contribution in [0, 0.1) is 0 Å². The van der Waals surface area contributed by atoms with Gasteiger partial charge in [-0.3, -0.25) is 0 Å². The Labute approximate surface area is 856 Å². The highest BCUT2D eigenvalue weighted by Gasteiger charge is 2.24. The lowest BCUT2D eigenvalue weighted by molar-refractivity contribution is 1.18. The van der Waals surface area contributed by atoms with Crippen LogP contribution in [0.25, 0.3) is 265 Å². The lowest BCUT2D eigenvalue weighted by Crippen LogP contribution is -1.97. The number of fused-ring (bicyclic) bond motifs is 19. The molecule has 0 N–H and O–H groups in total. The van der Waals surface area contributed by atoms with E-state index < -0.39 is 0 Å². The molecule has 30 aromatic rings. The molecule has 0 fully saturated rings. The van der Waals surface area contributed by atoms with Crippen molar-refractivity contribution in [3.63, 3.8) is 0 Å². The molecule has 24 aromatic carbocycles. The molecule has 6 aromatic heterocycles. The zero-order chi connectivity index (χ0) is 97.6. The Bertz CT molecular complexity index is 10300. The first-order valence-corrected chi connectivity index (χ1v) is 50.9. The minimum absolute atomic E-state index is 1.15. The quantitative estimate of drug-likeness (QED) is 0.104. The van der Waals surface area contributed by atoms with E-state index in [1.165, 1.54) is 253 Å². The maximum absolute atomic E-state index is 2.43. The molecule has 6 heterocycles. The molecule has 0 unspecified atom stereocenters. The summed E-state index contributed by atoms with van der Waals surface area (Å²) < 4.78 is 14.4. The highest BCUT2D eigenvalue weighted by Crippen LogP contribution is 2.47. The first kappa shape index (κ1) is 86.2. The van der Waals surface area contributed by atoms with Gasteiger partial charge in [0, 0.05) is 98.6 Å². The zero-order valence-corrected chi connectivity index (χ0v) is 81.0. The smallest absolute Gasteiger partial charge is 0.0541 e. The zero-order valence-electron chi connectivity index (χ0n) is 81.0. The highest BCUT2D eigenvalue weighted by molar-refractivity contribution is 6.18. The average molecular weight is 1880 g/mol. The molecule has 0 amide bonds. The van der Waals surface area contributed by atoms with E-state index in [-0.39, 0.29) is 0 Å². The van der Waals surface area contributed by atoms with Gasteiger partial charge >= 0.3 is 0 Å². The van der Waals surface area contributed by atoms with E-state index in [0.717, 1.165) is 11.4 Å². The molecule has 0 spiro atoms. The first-order valence-electron chi connectivity index (χ1n) is 50.9. The van der Waals surface area contributed by atoms with Gasteiger partial charge in [0.1, 0.15) is 0 Å². The molecule has 0 atom stereocenters. The summed E-state index contributed by atoms with van der Waals surface area (Å²) in [5, 5.41) is 17.6. The summed E-state index contributed by atoms with van der Waals surface area (Å²) in [7, 11) is 0. The van der Waals surface area contributed by atoms with Crippen molar-refractivity contribution in [3.05, 3.63) is 570 Å². The number of benzene rings is 24. The molecule has 148 heavy (non-hydrogen) atoms. The van der Waals surface area contributed by atoms with Crippen LogP contribution in [-0.2, 0) is 0 Å². The molecule has 30 rings (SSSR count). The molecule has 0 aliphatic heterocycles. The molecular weight excluding hydrogens is 1790 g/mol. The molecule has 0 aliphatic carbocycles. The summed E-state index contributed by atoms with van der Waals surface area (Å²) in [4.78, 5) is 0. The maximum atomic E-state index is 2.43. The van der Waals surface area contributed by atoms with Crippen molar-refractivity contribution in [2.75, 3.05) is 0 Å². The molecule has 6 heteroatoms. The second-order valence-corrected chi connectivity index (χ2v) is 38.6. The van der Waals surface area contributed by atoms with E-state index in [9.17, 15) is 0 Å². The molecule has 0 radical (unpaired) electrons. The van der Waals surface area contributed by atoms with Crippen molar-refractivity contribution < 1.29 is 0 Å². The van der Waals surface area contributed by atoms with Crippen LogP contribution in [0.5, 0.6) is 0 Å². The van der Waals surface area contributed by atoms with E-state index in [4.69, 9.17) is 0 Å². The van der Waals surface area contributed by atoms with Gasteiger partial charge in [0.2, 0.25) is 0 Å². The van der Waals surface area contributed by atoms with Crippen molar-refractivity contribution in [2.45, 2.75) is 0 Å². The fraction of sp³-hybridized carbons (Fsp3) is 0. The largest absolute Gasteiger partial charge is 0.309 e. The number of hydrogen-bond acceptors (Lipinski definition) is 0. The van der Waals surface area contributed by atoms with Crippen LogP contribution < -0.4 is 0 Å².